The second-order valence-electron chi connectivity index (χ2n) is 3.29. The first-order valence-electron chi connectivity index (χ1n) is 3.89. The van der Waals surface area contributed by atoms with Crippen molar-refractivity contribution in [1.82, 2.24) is 0 Å². The second-order valence-corrected chi connectivity index (χ2v) is 3.29. The van der Waals surface area contributed by atoms with Gasteiger partial charge in [0.2, 0.25) is 0 Å². The maximum absolute atomic E-state index is 12.1. The molecule has 0 aromatic heterocycles. The predicted molar refractivity (Wildman–Crippen MR) is 37.9 cm³/mol. The van der Waals surface area contributed by atoms with E-state index in [0.717, 1.165) is 6.92 Å². The zero-order valence-corrected chi connectivity index (χ0v) is 7.82. The van der Waals surface area contributed by atoms with Crippen molar-refractivity contribution in [2.45, 2.75) is 37.9 Å². The third kappa shape index (κ3) is 2.36. The van der Waals surface area contributed by atoms with Crippen LogP contribution in [0.2, 0.25) is 0 Å². The number of halogens is 6. The molecular weight excluding hydrogens is 230 g/mol. The average molecular weight is 240 g/mol. The summed E-state index contributed by atoms with van der Waals surface area (Å²) in [4.78, 5) is 0. The molecule has 0 bridgehead atoms. The SMILES string of the molecule is CC(O)C(C)C(O)(C(F)(F)F)C(F)(F)F. The van der Waals surface area contributed by atoms with Gasteiger partial charge in [0.15, 0.2) is 0 Å². The van der Waals surface area contributed by atoms with Crippen LogP contribution in [0.5, 0.6) is 0 Å². The van der Waals surface area contributed by atoms with Crippen LogP contribution in [0.4, 0.5) is 26.3 Å². The fraction of sp³-hybridized carbons (Fsp3) is 1.00. The molecule has 0 amide bonds. The van der Waals surface area contributed by atoms with Crippen LogP contribution in [-0.4, -0.2) is 34.3 Å². The zero-order chi connectivity index (χ0) is 12.7. The minimum absolute atomic E-state index is 0.478. The van der Waals surface area contributed by atoms with Crippen LogP contribution in [0.15, 0.2) is 0 Å². The van der Waals surface area contributed by atoms with Crippen molar-refractivity contribution < 1.29 is 36.6 Å². The molecule has 0 aliphatic carbocycles. The summed E-state index contributed by atoms with van der Waals surface area (Å²) >= 11 is 0. The quantitative estimate of drug-likeness (QED) is 0.723. The van der Waals surface area contributed by atoms with Gasteiger partial charge in [0, 0.05) is 5.92 Å². The van der Waals surface area contributed by atoms with Crippen LogP contribution in [0.3, 0.4) is 0 Å². The van der Waals surface area contributed by atoms with Crippen molar-refractivity contribution in [3.63, 3.8) is 0 Å². The summed E-state index contributed by atoms with van der Waals surface area (Å²) in [7, 11) is 0. The molecular formula is C7H10F6O2. The Morgan fingerprint density at radius 2 is 1.13 bits per heavy atom. The molecule has 2 nitrogen and oxygen atoms in total. The summed E-state index contributed by atoms with van der Waals surface area (Å²) in [5.41, 5.74) is -4.89. The molecule has 0 saturated heterocycles. The first-order chi connectivity index (χ1) is 6.35. The van der Waals surface area contributed by atoms with Gasteiger partial charge in [-0.25, -0.2) is 0 Å². The molecule has 0 heterocycles. The van der Waals surface area contributed by atoms with Crippen molar-refractivity contribution in [3.05, 3.63) is 0 Å². The van der Waals surface area contributed by atoms with E-state index in [4.69, 9.17) is 10.2 Å². The van der Waals surface area contributed by atoms with Gasteiger partial charge in [-0.05, 0) is 6.92 Å². The third-order valence-electron chi connectivity index (χ3n) is 2.25. The summed E-state index contributed by atoms with van der Waals surface area (Å²) in [5.74, 6) is -2.41. The minimum Gasteiger partial charge on any atom is -0.393 e. The zero-order valence-electron chi connectivity index (χ0n) is 7.82. The van der Waals surface area contributed by atoms with Gasteiger partial charge in [0.05, 0.1) is 6.10 Å². The van der Waals surface area contributed by atoms with E-state index < -0.39 is 30.0 Å². The van der Waals surface area contributed by atoms with E-state index in [0.29, 0.717) is 6.92 Å². The van der Waals surface area contributed by atoms with Crippen LogP contribution in [0.25, 0.3) is 0 Å². The van der Waals surface area contributed by atoms with E-state index in [9.17, 15) is 26.3 Å². The molecule has 15 heavy (non-hydrogen) atoms. The first kappa shape index (κ1) is 14.5. The Morgan fingerprint density at radius 1 is 0.867 bits per heavy atom. The lowest BCUT2D eigenvalue weighted by molar-refractivity contribution is -0.388. The van der Waals surface area contributed by atoms with Gasteiger partial charge in [-0.2, -0.15) is 26.3 Å². The molecule has 0 rings (SSSR count). The van der Waals surface area contributed by atoms with Crippen LogP contribution < -0.4 is 0 Å². The number of rotatable bonds is 2. The normalized spacial score (nSPS) is 18.8. The highest BCUT2D eigenvalue weighted by Gasteiger charge is 2.73. The minimum atomic E-state index is -5.89. The number of aliphatic hydroxyl groups excluding tert-OH is 1. The Bertz CT molecular complexity index is 205. The maximum Gasteiger partial charge on any atom is 0.426 e. The van der Waals surface area contributed by atoms with E-state index in [-0.39, 0.29) is 0 Å². The van der Waals surface area contributed by atoms with E-state index in [1.807, 2.05) is 0 Å². The Hall–Kier alpha value is -0.500. The lowest BCUT2D eigenvalue weighted by Crippen LogP contribution is -2.63. The maximum atomic E-state index is 12.1. The van der Waals surface area contributed by atoms with Crippen LogP contribution in [0, 0.1) is 5.92 Å². The Labute approximate surface area is 81.5 Å². The Kier molecular flexibility index (Phi) is 3.69. The molecule has 0 radical (unpaired) electrons. The van der Waals surface area contributed by atoms with Gasteiger partial charge in [-0.1, -0.05) is 6.92 Å². The number of hydrogen-bond acceptors (Lipinski definition) is 2. The van der Waals surface area contributed by atoms with Crippen molar-refractivity contribution in [2.24, 2.45) is 5.92 Å². The molecule has 0 aromatic carbocycles. The van der Waals surface area contributed by atoms with Crippen molar-refractivity contribution in [1.29, 1.82) is 0 Å². The van der Waals surface area contributed by atoms with Gasteiger partial charge < -0.3 is 10.2 Å². The standard InChI is InChI=1S/C7H10F6O2/c1-3(4(2)14)5(15,6(8,9)10)7(11,12)13/h3-4,14-15H,1-2H3. The summed E-state index contributed by atoms with van der Waals surface area (Å²) < 4.78 is 72.8. The average Bonchev–Trinajstić information content (AvgIpc) is 1.96. The summed E-state index contributed by atoms with van der Waals surface area (Å²) in [5, 5.41) is 17.4. The highest BCUT2D eigenvalue weighted by molar-refractivity contribution is 4.99. The van der Waals surface area contributed by atoms with Crippen molar-refractivity contribution in [2.75, 3.05) is 0 Å². The molecule has 0 aliphatic heterocycles. The molecule has 2 atom stereocenters. The summed E-state index contributed by atoms with van der Waals surface area (Å²) in [6.07, 6.45) is -13.7. The van der Waals surface area contributed by atoms with Crippen LogP contribution in [-0.2, 0) is 0 Å². The first-order valence-corrected chi connectivity index (χ1v) is 3.89. The molecule has 0 aliphatic rings. The third-order valence-corrected chi connectivity index (χ3v) is 2.25. The topological polar surface area (TPSA) is 40.5 Å². The van der Waals surface area contributed by atoms with E-state index >= 15 is 0 Å². The fourth-order valence-electron chi connectivity index (χ4n) is 1.03. The number of hydrogen-bond donors (Lipinski definition) is 2. The molecule has 0 aromatic rings. The highest BCUT2D eigenvalue weighted by atomic mass is 19.4. The number of aliphatic hydroxyl groups is 2. The van der Waals surface area contributed by atoms with Gasteiger partial charge in [0.25, 0.3) is 5.60 Å². The van der Waals surface area contributed by atoms with Crippen LogP contribution in [0.1, 0.15) is 13.8 Å². The molecule has 2 N–H and O–H groups in total. The van der Waals surface area contributed by atoms with Gasteiger partial charge in [-0.15, -0.1) is 0 Å². The fourth-order valence-corrected chi connectivity index (χ4v) is 1.03. The Morgan fingerprint density at radius 3 is 1.20 bits per heavy atom. The molecule has 0 saturated carbocycles. The Balaban J connectivity index is 5.43. The monoisotopic (exact) mass is 240 g/mol. The summed E-state index contributed by atoms with van der Waals surface area (Å²) in [6, 6.07) is 0. The van der Waals surface area contributed by atoms with Gasteiger partial charge in [-0.3, -0.25) is 0 Å². The van der Waals surface area contributed by atoms with E-state index in [1.165, 1.54) is 0 Å². The van der Waals surface area contributed by atoms with E-state index in [1.54, 1.807) is 0 Å². The van der Waals surface area contributed by atoms with Gasteiger partial charge in [0.1, 0.15) is 0 Å². The molecule has 0 spiro atoms. The lowest BCUT2D eigenvalue weighted by Gasteiger charge is -2.38. The summed E-state index contributed by atoms with van der Waals surface area (Å²) in [6.45, 7) is 1.22. The van der Waals surface area contributed by atoms with Gasteiger partial charge >= 0.3 is 12.4 Å². The smallest absolute Gasteiger partial charge is 0.393 e. The lowest BCUT2D eigenvalue weighted by atomic mass is 9.84. The molecule has 92 valence electrons. The predicted octanol–water partition coefficient (Wildman–Crippen LogP) is 1.86. The van der Waals surface area contributed by atoms with E-state index in [2.05, 4.69) is 0 Å². The van der Waals surface area contributed by atoms with Crippen LogP contribution >= 0.6 is 0 Å². The highest BCUT2D eigenvalue weighted by Crippen LogP contribution is 2.48. The largest absolute Gasteiger partial charge is 0.426 e. The van der Waals surface area contributed by atoms with Crippen molar-refractivity contribution >= 4 is 0 Å². The second kappa shape index (κ2) is 3.82. The molecule has 8 heteroatoms. The molecule has 2 unspecified atom stereocenters. The number of alkyl halides is 6. The molecule has 0 fully saturated rings. The van der Waals surface area contributed by atoms with Crippen molar-refractivity contribution in [3.8, 4) is 0 Å².